The summed E-state index contributed by atoms with van der Waals surface area (Å²) >= 11 is 0. The van der Waals surface area contributed by atoms with Gasteiger partial charge in [-0.05, 0) is 43.9 Å². The molecule has 1 unspecified atom stereocenters. The largest absolute Gasteiger partial charge is 0.390 e. The van der Waals surface area contributed by atoms with Crippen molar-refractivity contribution in [2.24, 2.45) is 17.8 Å². The van der Waals surface area contributed by atoms with E-state index in [0.717, 1.165) is 18.3 Å². The molecule has 1 heteroatoms. The van der Waals surface area contributed by atoms with Gasteiger partial charge in [-0.25, -0.2) is 0 Å². The standard InChI is InChI=1S/C13H24O/c1-10-3-7-12(8-4-10)13(2,14)9-11-5-6-11/h10-12,14H,3-9H2,1-2H3. The van der Waals surface area contributed by atoms with Crippen molar-refractivity contribution in [3.8, 4) is 0 Å². The molecule has 82 valence electrons. The van der Waals surface area contributed by atoms with Crippen LogP contribution in [-0.2, 0) is 0 Å². The van der Waals surface area contributed by atoms with Crippen LogP contribution in [-0.4, -0.2) is 10.7 Å². The van der Waals surface area contributed by atoms with Crippen molar-refractivity contribution in [2.45, 2.75) is 64.4 Å². The van der Waals surface area contributed by atoms with E-state index in [4.69, 9.17) is 0 Å². The highest BCUT2D eigenvalue weighted by atomic mass is 16.3. The summed E-state index contributed by atoms with van der Waals surface area (Å²) in [6, 6.07) is 0. The molecule has 0 aromatic carbocycles. The van der Waals surface area contributed by atoms with Gasteiger partial charge in [0.25, 0.3) is 0 Å². The third-order valence-electron chi connectivity index (χ3n) is 4.29. The molecular weight excluding hydrogens is 172 g/mol. The lowest BCUT2D eigenvalue weighted by molar-refractivity contribution is -0.0323. The number of rotatable bonds is 3. The molecule has 0 aromatic rings. The molecule has 14 heavy (non-hydrogen) atoms. The van der Waals surface area contributed by atoms with Crippen LogP contribution >= 0.6 is 0 Å². The maximum Gasteiger partial charge on any atom is 0.0650 e. The van der Waals surface area contributed by atoms with Crippen LogP contribution in [0.1, 0.15) is 58.8 Å². The van der Waals surface area contributed by atoms with E-state index in [1.807, 2.05) is 0 Å². The zero-order valence-corrected chi connectivity index (χ0v) is 9.63. The Morgan fingerprint density at radius 3 is 2.14 bits per heavy atom. The lowest BCUT2D eigenvalue weighted by Gasteiger charge is -2.37. The molecule has 1 N–H and O–H groups in total. The summed E-state index contributed by atoms with van der Waals surface area (Å²) in [5.41, 5.74) is -0.360. The number of hydrogen-bond acceptors (Lipinski definition) is 1. The molecule has 2 saturated carbocycles. The third-order valence-corrected chi connectivity index (χ3v) is 4.29. The maximum absolute atomic E-state index is 10.4. The SMILES string of the molecule is CC1CCC(C(C)(O)CC2CC2)CC1. The maximum atomic E-state index is 10.4. The summed E-state index contributed by atoms with van der Waals surface area (Å²) in [5, 5.41) is 10.4. The van der Waals surface area contributed by atoms with Crippen molar-refractivity contribution in [1.29, 1.82) is 0 Å². The van der Waals surface area contributed by atoms with E-state index >= 15 is 0 Å². The summed E-state index contributed by atoms with van der Waals surface area (Å²) in [6.07, 6.45) is 8.93. The van der Waals surface area contributed by atoms with Crippen molar-refractivity contribution in [3.05, 3.63) is 0 Å². The van der Waals surface area contributed by atoms with Crippen molar-refractivity contribution in [2.75, 3.05) is 0 Å². The molecule has 1 atom stereocenters. The van der Waals surface area contributed by atoms with Gasteiger partial charge >= 0.3 is 0 Å². The van der Waals surface area contributed by atoms with Gasteiger partial charge in [-0.2, -0.15) is 0 Å². The molecule has 0 aliphatic heterocycles. The predicted octanol–water partition coefficient (Wildman–Crippen LogP) is 3.36. The fourth-order valence-corrected chi connectivity index (χ4v) is 2.96. The average molecular weight is 196 g/mol. The van der Waals surface area contributed by atoms with Crippen LogP contribution in [0.5, 0.6) is 0 Å². The van der Waals surface area contributed by atoms with E-state index < -0.39 is 0 Å². The topological polar surface area (TPSA) is 20.2 Å². The second-order valence-corrected chi connectivity index (χ2v) is 5.96. The second kappa shape index (κ2) is 3.84. The minimum Gasteiger partial charge on any atom is -0.390 e. The fraction of sp³-hybridized carbons (Fsp3) is 1.00. The van der Waals surface area contributed by atoms with Crippen LogP contribution in [0.4, 0.5) is 0 Å². The van der Waals surface area contributed by atoms with Gasteiger partial charge < -0.3 is 5.11 Å². The first-order chi connectivity index (χ1) is 6.58. The first-order valence-corrected chi connectivity index (χ1v) is 6.30. The van der Waals surface area contributed by atoms with E-state index in [2.05, 4.69) is 13.8 Å². The normalized spacial score (nSPS) is 37.9. The van der Waals surface area contributed by atoms with Crippen molar-refractivity contribution < 1.29 is 5.11 Å². The summed E-state index contributed by atoms with van der Waals surface area (Å²) in [6.45, 7) is 4.41. The van der Waals surface area contributed by atoms with E-state index in [-0.39, 0.29) is 5.60 Å². The van der Waals surface area contributed by atoms with Crippen molar-refractivity contribution in [3.63, 3.8) is 0 Å². The molecule has 0 aromatic heterocycles. The summed E-state index contributed by atoms with van der Waals surface area (Å²) in [7, 11) is 0. The van der Waals surface area contributed by atoms with Crippen molar-refractivity contribution >= 4 is 0 Å². The van der Waals surface area contributed by atoms with Gasteiger partial charge in [-0.1, -0.05) is 32.6 Å². The Morgan fingerprint density at radius 2 is 1.64 bits per heavy atom. The zero-order chi connectivity index (χ0) is 10.2. The van der Waals surface area contributed by atoms with E-state index in [9.17, 15) is 5.11 Å². The quantitative estimate of drug-likeness (QED) is 0.734. The van der Waals surface area contributed by atoms with E-state index in [1.165, 1.54) is 38.5 Å². The number of hydrogen-bond donors (Lipinski definition) is 1. The summed E-state index contributed by atoms with van der Waals surface area (Å²) < 4.78 is 0. The van der Waals surface area contributed by atoms with Gasteiger partial charge in [0.05, 0.1) is 5.60 Å². The Bertz CT molecular complexity index is 185. The summed E-state index contributed by atoms with van der Waals surface area (Å²) in [5.74, 6) is 2.33. The molecule has 0 radical (unpaired) electrons. The van der Waals surface area contributed by atoms with Gasteiger partial charge in [0, 0.05) is 0 Å². The third kappa shape index (κ3) is 2.50. The Morgan fingerprint density at radius 1 is 1.07 bits per heavy atom. The first-order valence-electron chi connectivity index (χ1n) is 6.30. The Balaban J connectivity index is 1.85. The van der Waals surface area contributed by atoms with Gasteiger partial charge in [-0.3, -0.25) is 0 Å². The Kier molecular flexibility index (Phi) is 2.88. The van der Waals surface area contributed by atoms with Crippen LogP contribution in [0.25, 0.3) is 0 Å². The molecule has 0 spiro atoms. The monoisotopic (exact) mass is 196 g/mol. The van der Waals surface area contributed by atoms with E-state index in [0.29, 0.717) is 5.92 Å². The van der Waals surface area contributed by atoms with Crippen LogP contribution in [0.2, 0.25) is 0 Å². The van der Waals surface area contributed by atoms with Crippen LogP contribution < -0.4 is 0 Å². The first kappa shape index (κ1) is 10.5. The molecule has 2 aliphatic rings. The molecular formula is C13H24O. The Hall–Kier alpha value is -0.0400. The molecule has 1 nitrogen and oxygen atoms in total. The predicted molar refractivity (Wildman–Crippen MR) is 59.1 cm³/mol. The van der Waals surface area contributed by atoms with Crippen LogP contribution in [0, 0.1) is 17.8 Å². The fourth-order valence-electron chi connectivity index (χ4n) is 2.96. The lowest BCUT2D eigenvalue weighted by Crippen LogP contribution is -2.37. The molecule has 0 bridgehead atoms. The van der Waals surface area contributed by atoms with Gasteiger partial charge in [0.2, 0.25) is 0 Å². The highest BCUT2D eigenvalue weighted by Gasteiger charge is 2.38. The zero-order valence-electron chi connectivity index (χ0n) is 9.63. The minimum absolute atomic E-state index is 0.360. The Labute approximate surface area is 87.9 Å². The van der Waals surface area contributed by atoms with Gasteiger partial charge in [-0.15, -0.1) is 0 Å². The molecule has 2 fully saturated rings. The van der Waals surface area contributed by atoms with Crippen molar-refractivity contribution in [1.82, 2.24) is 0 Å². The number of aliphatic hydroxyl groups is 1. The average Bonchev–Trinajstić information content (AvgIpc) is 2.88. The molecule has 0 heterocycles. The van der Waals surface area contributed by atoms with E-state index in [1.54, 1.807) is 0 Å². The van der Waals surface area contributed by atoms with Gasteiger partial charge in [0.15, 0.2) is 0 Å². The second-order valence-electron chi connectivity index (χ2n) is 5.96. The molecule has 2 aliphatic carbocycles. The lowest BCUT2D eigenvalue weighted by atomic mass is 9.73. The molecule has 0 amide bonds. The minimum atomic E-state index is -0.360. The highest BCUT2D eigenvalue weighted by Crippen LogP contribution is 2.43. The van der Waals surface area contributed by atoms with Crippen LogP contribution in [0.3, 0.4) is 0 Å². The summed E-state index contributed by atoms with van der Waals surface area (Å²) in [4.78, 5) is 0. The van der Waals surface area contributed by atoms with Crippen LogP contribution in [0.15, 0.2) is 0 Å². The molecule has 0 saturated heterocycles. The van der Waals surface area contributed by atoms with Gasteiger partial charge in [0.1, 0.15) is 0 Å². The molecule has 2 rings (SSSR count). The highest BCUT2D eigenvalue weighted by molar-refractivity contribution is 4.90. The smallest absolute Gasteiger partial charge is 0.0650 e.